The SMILES string of the molecule is NCCC(=O)NCCc1ccc(F)c(Br)c1. The zero-order chi connectivity index (χ0) is 12.0. The van der Waals surface area contributed by atoms with Gasteiger partial charge < -0.3 is 11.1 Å². The van der Waals surface area contributed by atoms with Crippen LogP contribution in [0.3, 0.4) is 0 Å². The highest BCUT2D eigenvalue weighted by Gasteiger charge is 2.02. The molecule has 0 atom stereocenters. The fraction of sp³-hybridized carbons (Fsp3) is 0.364. The lowest BCUT2D eigenvalue weighted by Crippen LogP contribution is -2.27. The van der Waals surface area contributed by atoms with Gasteiger partial charge in [-0.15, -0.1) is 0 Å². The molecule has 1 amide bonds. The average Bonchev–Trinajstić information content (AvgIpc) is 2.24. The number of hydrogen-bond donors (Lipinski definition) is 2. The minimum Gasteiger partial charge on any atom is -0.356 e. The van der Waals surface area contributed by atoms with Crippen LogP contribution in [0.25, 0.3) is 0 Å². The van der Waals surface area contributed by atoms with Crippen molar-refractivity contribution in [3.63, 3.8) is 0 Å². The molecule has 3 N–H and O–H groups in total. The van der Waals surface area contributed by atoms with Crippen LogP contribution in [0, 0.1) is 5.82 Å². The Balaban J connectivity index is 2.37. The zero-order valence-corrected chi connectivity index (χ0v) is 10.4. The Hall–Kier alpha value is -0.940. The third kappa shape index (κ3) is 4.28. The van der Waals surface area contributed by atoms with Crippen molar-refractivity contribution in [3.05, 3.63) is 34.1 Å². The normalized spacial score (nSPS) is 10.2. The van der Waals surface area contributed by atoms with E-state index in [2.05, 4.69) is 21.2 Å². The summed E-state index contributed by atoms with van der Waals surface area (Å²) >= 11 is 3.11. The summed E-state index contributed by atoms with van der Waals surface area (Å²) in [7, 11) is 0. The van der Waals surface area contributed by atoms with Gasteiger partial charge in [0.25, 0.3) is 0 Å². The molecule has 3 nitrogen and oxygen atoms in total. The van der Waals surface area contributed by atoms with Crippen molar-refractivity contribution in [1.82, 2.24) is 5.32 Å². The van der Waals surface area contributed by atoms with Gasteiger partial charge in [0, 0.05) is 19.5 Å². The molecule has 1 rings (SSSR count). The highest BCUT2D eigenvalue weighted by molar-refractivity contribution is 9.10. The second-order valence-electron chi connectivity index (χ2n) is 3.39. The third-order valence-corrected chi connectivity index (χ3v) is 2.70. The molecular formula is C11H14BrFN2O. The van der Waals surface area contributed by atoms with Gasteiger partial charge in [0.1, 0.15) is 5.82 Å². The summed E-state index contributed by atoms with van der Waals surface area (Å²) in [5.41, 5.74) is 6.21. The van der Waals surface area contributed by atoms with Crippen molar-refractivity contribution >= 4 is 21.8 Å². The summed E-state index contributed by atoms with van der Waals surface area (Å²) in [6.07, 6.45) is 1.02. The molecular weight excluding hydrogens is 275 g/mol. The molecule has 1 aromatic carbocycles. The van der Waals surface area contributed by atoms with E-state index in [0.717, 1.165) is 5.56 Å². The molecule has 0 aromatic heterocycles. The van der Waals surface area contributed by atoms with Crippen molar-refractivity contribution in [2.24, 2.45) is 5.73 Å². The second-order valence-corrected chi connectivity index (χ2v) is 4.24. The van der Waals surface area contributed by atoms with Gasteiger partial charge in [-0.25, -0.2) is 4.39 Å². The van der Waals surface area contributed by atoms with Gasteiger partial charge in [0.15, 0.2) is 0 Å². The van der Waals surface area contributed by atoms with Gasteiger partial charge in [-0.05, 0) is 40.0 Å². The fourth-order valence-electron chi connectivity index (χ4n) is 1.26. The molecule has 0 radical (unpaired) electrons. The molecule has 1 aromatic rings. The van der Waals surface area contributed by atoms with Crippen molar-refractivity contribution in [2.45, 2.75) is 12.8 Å². The molecule has 0 unspecified atom stereocenters. The number of halogens is 2. The number of nitrogens with two attached hydrogens (primary N) is 1. The highest BCUT2D eigenvalue weighted by atomic mass is 79.9. The zero-order valence-electron chi connectivity index (χ0n) is 8.80. The number of carbonyl (C=O) groups is 1. The molecule has 0 saturated heterocycles. The number of carbonyl (C=O) groups excluding carboxylic acids is 1. The summed E-state index contributed by atoms with van der Waals surface area (Å²) in [6, 6.07) is 4.82. The summed E-state index contributed by atoms with van der Waals surface area (Å²) in [5.74, 6) is -0.334. The summed E-state index contributed by atoms with van der Waals surface area (Å²) < 4.78 is 13.4. The van der Waals surface area contributed by atoms with Crippen LogP contribution in [0.4, 0.5) is 4.39 Å². The second kappa shape index (κ2) is 6.60. The number of benzene rings is 1. The van der Waals surface area contributed by atoms with E-state index in [1.54, 1.807) is 12.1 Å². The highest BCUT2D eigenvalue weighted by Crippen LogP contribution is 2.16. The van der Waals surface area contributed by atoms with E-state index in [4.69, 9.17) is 5.73 Å². The standard InChI is InChI=1S/C11H14BrFN2O/c12-9-7-8(1-2-10(9)13)4-6-15-11(16)3-5-14/h1-2,7H,3-6,14H2,(H,15,16). The number of nitrogens with one attached hydrogen (secondary N) is 1. The van der Waals surface area contributed by atoms with E-state index in [-0.39, 0.29) is 11.7 Å². The molecule has 88 valence electrons. The Labute approximate surface area is 102 Å². The number of amides is 1. The molecule has 0 heterocycles. The largest absolute Gasteiger partial charge is 0.356 e. The molecule has 0 aliphatic rings. The van der Waals surface area contributed by atoms with Crippen molar-refractivity contribution in [3.8, 4) is 0 Å². The topological polar surface area (TPSA) is 55.1 Å². The fourth-order valence-corrected chi connectivity index (χ4v) is 1.69. The predicted molar refractivity (Wildman–Crippen MR) is 64.5 cm³/mol. The Morgan fingerprint density at radius 1 is 1.50 bits per heavy atom. The molecule has 0 aliphatic heterocycles. The third-order valence-electron chi connectivity index (χ3n) is 2.09. The number of rotatable bonds is 5. The minimum atomic E-state index is -0.282. The Morgan fingerprint density at radius 2 is 2.25 bits per heavy atom. The van der Waals surface area contributed by atoms with Crippen LogP contribution < -0.4 is 11.1 Å². The van der Waals surface area contributed by atoms with Gasteiger partial charge in [0.2, 0.25) is 5.91 Å². The van der Waals surface area contributed by atoms with E-state index >= 15 is 0 Å². The van der Waals surface area contributed by atoms with Crippen molar-refractivity contribution in [2.75, 3.05) is 13.1 Å². The molecule has 16 heavy (non-hydrogen) atoms. The molecule has 5 heteroatoms. The summed E-state index contributed by atoms with van der Waals surface area (Å²) in [5, 5.41) is 2.74. The van der Waals surface area contributed by atoms with Gasteiger partial charge in [-0.3, -0.25) is 4.79 Å². The van der Waals surface area contributed by atoms with Crippen molar-refractivity contribution < 1.29 is 9.18 Å². The monoisotopic (exact) mass is 288 g/mol. The first kappa shape index (κ1) is 13.1. The lowest BCUT2D eigenvalue weighted by atomic mass is 10.1. The van der Waals surface area contributed by atoms with Gasteiger partial charge in [-0.2, -0.15) is 0 Å². The maximum Gasteiger partial charge on any atom is 0.221 e. The quantitative estimate of drug-likeness (QED) is 0.865. The summed E-state index contributed by atoms with van der Waals surface area (Å²) in [6.45, 7) is 0.894. The Bertz CT molecular complexity index is 371. The van der Waals surface area contributed by atoms with Crippen LogP contribution in [0.15, 0.2) is 22.7 Å². The lowest BCUT2D eigenvalue weighted by Gasteiger charge is -2.05. The van der Waals surface area contributed by atoms with Gasteiger partial charge in [-0.1, -0.05) is 6.07 Å². The predicted octanol–water partition coefficient (Wildman–Crippen LogP) is 1.60. The van der Waals surface area contributed by atoms with E-state index in [1.165, 1.54) is 6.07 Å². The first-order chi connectivity index (χ1) is 7.63. The smallest absolute Gasteiger partial charge is 0.221 e. The Kier molecular flexibility index (Phi) is 5.42. The van der Waals surface area contributed by atoms with Crippen LogP contribution in [0.1, 0.15) is 12.0 Å². The lowest BCUT2D eigenvalue weighted by molar-refractivity contribution is -0.120. The first-order valence-corrected chi connectivity index (χ1v) is 5.83. The van der Waals surface area contributed by atoms with Crippen LogP contribution >= 0.6 is 15.9 Å². The maximum atomic E-state index is 12.9. The van der Waals surface area contributed by atoms with Crippen LogP contribution in [0.2, 0.25) is 0 Å². The molecule has 0 spiro atoms. The molecule has 0 aliphatic carbocycles. The molecule has 0 fully saturated rings. The van der Waals surface area contributed by atoms with Gasteiger partial charge >= 0.3 is 0 Å². The maximum absolute atomic E-state index is 12.9. The molecule has 0 bridgehead atoms. The van der Waals surface area contributed by atoms with Crippen LogP contribution in [-0.2, 0) is 11.2 Å². The van der Waals surface area contributed by atoms with E-state index in [0.29, 0.717) is 30.4 Å². The summed E-state index contributed by atoms with van der Waals surface area (Å²) in [4.78, 5) is 11.1. The first-order valence-electron chi connectivity index (χ1n) is 5.04. The van der Waals surface area contributed by atoms with Crippen LogP contribution in [0.5, 0.6) is 0 Å². The van der Waals surface area contributed by atoms with E-state index in [1.807, 2.05) is 0 Å². The van der Waals surface area contributed by atoms with E-state index < -0.39 is 0 Å². The Morgan fingerprint density at radius 3 is 2.88 bits per heavy atom. The van der Waals surface area contributed by atoms with Crippen molar-refractivity contribution in [1.29, 1.82) is 0 Å². The average molecular weight is 289 g/mol. The minimum absolute atomic E-state index is 0.0522. The van der Waals surface area contributed by atoms with Crippen LogP contribution in [-0.4, -0.2) is 19.0 Å². The van der Waals surface area contributed by atoms with Gasteiger partial charge in [0.05, 0.1) is 4.47 Å². The number of hydrogen-bond acceptors (Lipinski definition) is 2. The van der Waals surface area contributed by atoms with E-state index in [9.17, 15) is 9.18 Å². The molecule has 0 saturated carbocycles.